The zero-order valence-corrected chi connectivity index (χ0v) is 13.9. The van der Waals surface area contributed by atoms with E-state index in [1.165, 1.54) is 18.2 Å². The first-order valence-corrected chi connectivity index (χ1v) is 7.48. The molecule has 0 aliphatic rings. The number of ether oxygens (including phenoxy) is 1. The van der Waals surface area contributed by atoms with E-state index in [2.05, 4.69) is 5.32 Å². The molecule has 2 N–H and O–H groups in total. The number of benzene rings is 1. The molecule has 0 fully saturated rings. The van der Waals surface area contributed by atoms with Crippen molar-refractivity contribution in [3.8, 4) is 0 Å². The number of hydrogen-bond acceptors (Lipinski definition) is 5. The van der Waals surface area contributed by atoms with Crippen molar-refractivity contribution in [3.05, 3.63) is 39.9 Å². The van der Waals surface area contributed by atoms with Crippen LogP contribution in [0.15, 0.2) is 24.3 Å². The predicted molar refractivity (Wildman–Crippen MR) is 86.7 cm³/mol. The Kier molecular flexibility index (Phi) is 6.84. The summed E-state index contributed by atoms with van der Waals surface area (Å²) in [6, 6.07) is 4.60. The van der Waals surface area contributed by atoms with Crippen LogP contribution in [0, 0.1) is 10.1 Å². The number of hydrogen-bond donors (Lipinski definition) is 2. The minimum atomic E-state index is -1.15. The van der Waals surface area contributed by atoms with Gasteiger partial charge in [-0.25, -0.2) is 4.79 Å². The highest BCUT2D eigenvalue weighted by Crippen LogP contribution is 2.13. The number of aliphatic carboxylic acids is 1. The molecular formula is C16H22N2O6. The maximum Gasteiger partial charge on any atom is 0.326 e. The minimum absolute atomic E-state index is 0.117. The van der Waals surface area contributed by atoms with E-state index in [-0.39, 0.29) is 25.1 Å². The third-order valence-corrected chi connectivity index (χ3v) is 3.06. The van der Waals surface area contributed by atoms with Gasteiger partial charge in [0.25, 0.3) is 5.69 Å². The van der Waals surface area contributed by atoms with Gasteiger partial charge in [-0.15, -0.1) is 0 Å². The number of nitrogens with one attached hydrogen (secondary N) is 1. The fraction of sp³-hybridized carbons (Fsp3) is 0.500. The molecule has 1 rings (SSSR count). The van der Waals surface area contributed by atoms with Gasteiger partial charge in [0.05, 0.1) is 16.9 Å². The van der Waals surface area contributed by atoms with Gasteiger partial charge in [0, 0.05) is 25.2 Å². The summed E-state index contributed by atoms with van der Waals surface area (Å²) in [6.45, 7) is 5.74. The molecule has 8 heteroatoms. The number of carbonyl (C=O) groups is 2. The molecule has 0 spiro atoms. The van der Waals surface area contributed by atoms with E-state index < -0.39 is 28.4 Å². The number of nitrogens with zero attached hydrogens (tertiary/aromatic N) is 1. The molecule has 1 atom stereocenters. The minimum Gasteiger partial charge on any atom is -0.480 e. The molecule has 0 bridgehead atoms. The molecule has 1 aromatic carbocycles. The smallest absolute Gasteiger partial charge is 0.326 e. The van der Waals surface area contributed by atoms with Crippen LogP contribution < -0.4 is 5.32 Å². The molecule has 0 saturated heterocycles. The number of non-ortho nitro benzene ring substituents is 1. The molecule has 132 valence electrons. The fourth-order valence-corrected chi connectivity index (χ4v) is 1.95. The van der Waals surface area contributed by atoms with Crippen LogP contribution in [0.5, 0.6) is 0 Å². The highest BCUT2D eigenvalue weighted by Gasteiger charge is 2.21. The summed E-state index contributed by atoms with van der Waals surface area (Å²) in [5.74, 6) is -1.67. The third-order valence-electron chi connectivity index (χ3n) is 3.06. The number of rotatable bonds is 8. The van der Waals surface area contributed by atoms with E-state index in [9.17, 15) is 24.8 Å². The van der Waals surface area contributed by atoms with Crippen molar-refractivity contribution in [2.75, 3.05) is 6.61 Å². The molecule has 0 aliphatic heterocycles. The number of amides is 1. The molecule has 0 saturated carbocycles. The zero-order valence-electron chi connectivity index (χ0n) is 13.9. The first kappa shape index (κ1) is 19.6. The van der Waals surface area contributed by atoms with Crippen LogP contribution in [0.3, 0.4) is 0 Å². The van der Waals surface area contributed by atoms with Gasteiger partial charge in [-0.05, 0) is 26.3 Å². The summed E-state index contributed by atoms with van der Waals surface area (Å²) in [5.41, 5.74) is -0.0683. The molecule has 0 aromatic heterocycles. The van der Waals surface area contributed by atoms with Crippen molar-refractivity contribution in [1.29, 1.82) is 0 Å². The van der Waals surface area contributed by atoms with Crippen LogP contribution in [0.4, 0.5) is 5.69 Å². The highest BCUT2D eigenvalue weighted by molar-refractivity contribution is 5.84. The van der Waals surface area contributed by atoms with E-state index in [4.69, 9.17) is 4.74 Å². The zero-order chi connectivity index (χ0) is 18.3. The molecule has 1 aromatic rings. The Morgan fingerprint density at radius 2 is 2.04 bits per heavy atom. The average Bonchev–Trinajstić information content (AvgIpc) is 2.45. The second-order valence-corrected chi connectivity index (χ2v) is 6.31. The van der Waals surface area contributed by atoms with Crippen molar-refractivity contribution >= 4 is 17.6 Å². The predicted octanol–water partition coefficient (Wildman–Crippen LogP) is 1.91. The summed E-state index contributed by atoms with van der Waals surface area (Å²) in [6.07, 6.45) is -0.00112. The van der Waals surface area contributed by atoms with Crippen LogP contribution in [0.2, 0.25) is 0 Å². The van der Waals surface area contributed by atoms with Crippen molar-refractivity contribution in [3.63, 3.8) is 0 Å². The van der Waals surface area contributed by atoms with Crippen LogP contribution in [-0.2, 0) is 20.7 Å². The molecule has 0 aliphatic carbocycles. The van der Waals surface area contributed by atoms with Crippen LogP contribution in [0.25, 0.3) is 0 Å². The summed E-state index contributed by atoms with van der Waals surface area (Å²) in [5, 5.41) is 22.3. The van der Waals surface area contributed by atoms with Gasteiger partial charge < -0.3 is 15.2 Å². The normalized spacial score (nSPS) is 12.5. The SMILES string of the molecule is CC(C)(C)OCCC(NC(=O)Cc1cccc([N+](=O)[O-])c1)C(=O)O. The van der Waals surface area contributed by atoms with Gasteiger partial charge in [0.1, 0.15) is 6.04 Å². The van der Waals surface area contributed by atoms with Gasteiger partial charge in [0.2, 0.25) is 5.91 Å². The second-order valence-electron chi connectivity index (χ2n) is 6.31. The lowest BCUT2D eigenvalue weighted by Crippen LogP contribution is -2.42. The molecule has 1 unspecified atom stereocenters. The van der Waals surface area contributed by atoms with Gasteiger partial charge in [0.15, 0.2) is 0 Å². The summed E-state index contributed by atoms with van der Waals surface area (Å²) >= 11 is 0. The maximum absolute atomic E-state index is 12.0. The second kappa shape index (κ2) is 8.39. The van der Waals surface area contributed by atoms with Gasteiger partial charge in [-0.3, -0.25) is 14.9 Å². The Morgan fingerprint density at radius 1 is 1.38 bits per heavy atom. The lowest BCUT2D eigenvalue weighted by atomic mass is 10.1. The van der Waals surface area contributed by atoms with Crippen molar-refractivity contribution in [2.45, 2.75) is 45.3 Å². The van der Waals surface area contributed by atoms with E-state index in [0.717, 1.165) is 0 Å². The average molecular weight is 338 g/mol. The molecule has 0 radical (unpaired) electrons. The lowest BCUT2D eigenvalue weighted by molar-refractivity contribution is -0.384. The van der Waals surface area contributed by atoms with Gasteiger partial charge in [-0.2, -0.15) is 0 Å². The van der Waals surface area contributed by atoms with Crippen molar-refractivity contribution < 1.29 is 24.4 Å². The number of nitro benzene ring substituents is 1. The molecular weight excluding hydrogens is 316 g/mol. The van der Waals surface area contributed by atoms with Gasteiger partial charge >= 0.3 is 5.97 Å². The number of carboxylic acids is 1. The monoisotopic (exact) mass is 338 g/mol. The Morgan fingerprint density at radius 3 is 2.58 bits per heavy atom. The largest absolute Gasteiger partial charge is 0.480 e. The van der Waals surface area contributed by atoms with Crippen LogP contribution >= 0.6 is 0 Å². The van der Waals surface area contributed by atoms with E-state index in [1.54, 1.807) is 6.07 Å². The van der Waals surface area contributed by atoms with E-state index >= 15 is 0 Å². The summed E-state index contributed by atoms with van der Waals surface area (Å²) in [7, 11) is 0. The number of nitro groups is 1. The maximum atomic E-state index is 12.0. The van der Waals surface area contributed by atoms with Crippen molar-refractivity contribution in [2.24, 2.45) is 0 Å². The summed E-state index contributed by atoms with van der Waals surface area (Å²) in [4.78, 5) is 33.4. The standard InChI is InChI=1S/C16H22N2O6/c1-16(2,3)24-8-7-13(15(20)21)17-14(19)10-11-5-4-6-12(9-11)18(22)23/h4-6,9,13H,7-8,10H2,1-3H3,(H,17,19)(H,20,21). The number of carboxylic acid groups (broad SMARTS) is 1. The van der Waals surface area contributed by atoms with Crippen LogP contribution in [0.1, 0.15) is 32.8 Å². The fourth-order valence-electron chi connectivity index (χ4n) is 1.95. The van der Waals surface area contributed by atoms with Gasteiger partial charge in [-0.1, -0.05) is 12.1 Å². The highest BCUT2D eigenvalue weighted by atomic mass is 16.6. The van der Waals surface area contributed by atoms with Crippen molar-refractivity contribution in [1.82, 2.24) is 5.32 Å². The lowest BCUT2D eigenvalue weighted by Gasteiger charge is -2.21. The molecule has 1 amide bonds. The molecule has 8 nitrogen and oxygen atoms in total. The molecule has 0 heterocycles. The number of carbonyl (C=O) groups excluding carboxylic acids is 1. The Bertz CT molecular complexity index is 609. The Balaban J connectivity index is 2.61. The first-order valence-electron chi connectivity index (χ1n) is 7.48. The summed E-state index contributed by atoms with van der Waals surface area (Å²) < 4.78 is 5.46. The topological polar surface area (TPSA) is 119 Å². The Hall–Kier alpha value is -2.48. The van der Waals surface area contributed by atoms with E-state index in [1.807, 2.05) is 20.8 Å². The quantitative estimate of drug-likeness (QED) is 0.552. The van der Waals surface area contributed by atoms with Crippen LogP contribution in [-0.4, -0.2) is 40.2 Å². The Labute approximate surface area is 140 Å². The first-order chi connectivity index (χ1) is 11.1. The van der Waals surface area contributed by atoms with E-state index in [0.29, 0.717) is 5.56 Å². The third kappa shape index (κ3) is 7.19. The molecule has 24 heavy (non-hydrogen) atoms.